The molecule has 1 aliphatic rings. The average molecular weight is 350 g/mol. The first kappa shape index (κ1) is 18.5. The second-order valence-corrected chi connectivity index (χ2v) is 5.42. The van der Waals surface area contributed by atoms with Gasteiger partial charge in [-0.15, -0.1) is 0 Å². The van der Waals surface area contributed by atoms with Gasteiger partial charge >= 0.3 is 12.1 Å². The van der Waals surface area contributed by atoms with E-state index in [1.807, 2.05) is 0 Å². The second-order valence-electron chi connectivity index (χ2n) is 5.42. The predicted octanol–water partition coefficient (Wildman–Crippen LogP) is 1.62. The number of carbonyl (C=O) groups is 2. The minimum absolute atomic E-state index is 0.0618. The van der Waals surface area contributed by atoms with E-state index >= 15 is 0 Å². The van der Waals surface area contributed by atoms with E-state index in [1.165, 1.54) is 30.4 Å². The van der Waals surface area contributed by atoms with Gasteiger partial charge in [-0.1, -0.05) is 0 Å². The molecule has 1 amide bonds. The second kappa shape index (κ2) is 8.86. The van der Waals surface area contributed by atoms with E-state index in [4.69, 9.17) is 14.6 Å². The molecule has 0 saturated carbocycles. The van der Waals surface area contributed by atoms with Gasteiger partial charge in [0.2, 0.25) is 5.88 Å². The summed E-state index contributed by atoms with van der Waals surface area (Å²) in [5, 5.41) is 12.3. The lowest BCUT2D eigenvalue weighted by Gasteiger charge is -2.30. The van der Waals surface area contributed by atoms with Gasteiger partial charge in [0, 0.05) is 25.2 Å². The van der Waals surface area contributed by atoms with Crippen molar-refractivity contribution >= 4 is 24.0 Å². The molecular formula is C16H22N4O5. The van der Waals surface area contributed by atoms with Crippen molar-refractivity contribution in [3.05, 3.63) is 18.0 Å². The van der Waals surface area contributed by atoms with Crippen molar-refractivity contribution in [2.45, 2.75) is 25.8 Å². The van der Waals surface area contributed by atoms with Crippen LogP contribution in [0.2, 0.25) is 0 Å². The Bertz CT molecular complexity index is 641. The number of carboxylic acid groups (broad SMARTS) is 1. The van der Waals surface area contributed by atoms with Crippen LogP contribution in [0.3, 0.4) is 0 Å². The van der Waals surface area contributed by atoms with Crippen LogP contribution in [0, 0.1) is 0 Å². The maximum absolute atomic E-state index is 11.5. The highest BCUT2D eigenvalue weighted by Gasteiger charge is 2.23. The number of nitrogens with one attached hydrogen (secondary N) is 1. The van der Waals surface area contributed by atoms with E-state index in [2.05, 4.69) is 15.3 Å². The molecule has 0 aromatic carbocycles. The minimum atomic E-state index is -0.905. The molecule has 1 aromatic rings. The molecular weight excluding hydrogens is 328 g/mol. The van der Waals surface area contributed by atoms with Gasteiger partial charge in [0.05, 0.1) is 19.9 Å². The number of esters is 1. The summed E-state index contributed by atoms with van der Waals surface area (Å²) >= 11 is 0. The van der Waals surface area contributed by atoms with E-state index < -0.39 is 12.1 Å². The molecule has 0 bridgehead atoms. The summed E-state index contributed by atoms with van der Waals surface area (Å²) in [5.41, 5.74) is 0.481. The highest BCUT2D eigenvalue weighted by molar-refractivity contribution is 5.87. The van der Waals surface area contributed by atoms with Crippen molar-refractivity contribution < 1.29 is 24.2 Å². The number of carbonyl (C=O) groups excluding carboxylic acids is 1. The monoisotopic (exact) mass is 350 g/mol. The summed E-state index contributed by atoms with van der Waals surface area (Å²) < 4.78 is 9.95. The molecule has 1 aliphatic heterocycles. The molecule has 0 spiro atoms. The number of rotatable bonds is 6. The molecule has 0 atom stereocenters. The van der Waals surface area contributed by atoms with Crippen molar-refractivity contribution in [3.63, 3.8) is 0 Å². The highest BCUT2D eigenvalue weighted by atomic mass is 16.5. The molecule has 9 heteroatoms. The number of aromatic nitrogens is 2. The van der Waals surface area contributed by atoms with Crippen LogP contribution in [0.4, 0.5) is 10.6 Å². The molecule has 9 nitrogen and oxygen atoms in total. The van der Waals surface area contributed by atoms with Gasteiger partial charge in [0.15, 0.2) is 5.82 Å². The molecule has 0 aliphatic carbocycles. The summed E-state index contributed by atoms with van der Waals surface area (Å²) in [6.07, 6.45) is 4.69. The summed E-state index contributed by atoms with van der Waals surface area (Å²) in [4.78, 5) is 32.4. The zero-order chi connectivity index (χ0) is 18.2. The Morgan fingerprint density at radius 2 is 2.16 bits per heavy atom. The van der Waals surface area contributed by atoms with E-state index in [9.17, 15) is 9.59 Å². The fraction of sp³-hybridized carbons (Fsp3) is 0.500. The van der Waals surface area contributed by atoms with Crippen LogP contribution in [0.25, 0.3) is 6.08 Å². The summed E-state index contributed by atoms with van der Waals surface area (Å²) in [6, 6.07) is 0.0618. The Kier molecular flexibility index (Phi) is 6.55. The van der Waals surface area contributed by atoms with Gasteiger partial charge in [0.25, 0.3) is 0 Å². The van der Waals surface area contributed by atoms with Gasteiger partial charge in [-0.25, -0.2) is 14.6 Å². The van der Waals surface area contributed by atoms with E-state index in [1.54, 1.807) is 6.92 Å². The normalized spacial score (nSPS) is 15.2. The number of methoxy groups -OCH3 is 1. The molecule has 2 heterocycles. The topological polar surface area (TPSA) is 114 Å². The SMILES string of the molecule is CCOC(=O)/C=C/c1ncc(OC)nc1NC1CCN(C(=O)O)CC1. The maximum Gasteiger partial charge on any atom is 0.407 e. The summed E-state index contributed by atoms with van der Waals surface area (Å²) in [5.74, 6) is 0.369. The van der Waals surface area contributed by atoms with Crippen LogP contribution >= 0.6 is 0 Å². The highest BCUT2D eigenvalue weighted by Crippen LogP contribution is 2.21. The number of piperidine rings is 1. The lowest BCUT2D eigenvalue weighted by Crippen LogP contribution is -2.41. The molecule has 2 N–H and O–H groups in total. The molecule has 1 fully saturated rings. The molecule has 25 heavy (non-hydrogen) atoms. The zero-order valence-corrected chi connectivity index (χ0v) is 14.3. The average Bonchev–Trinajstić information content (AvgIpc) is 2.61. The number of nitrogens with zero attached hydrogens (tertiary/aromatic N) is 3. The van der Waals surface area contributed by atoms with Gasteiger partial charge in [-0.05, 0) is 25.8 Å². The Morgan fingerprint density at radius 1 is 1.44 bits per heavy atom. The van der Waals surface area contributed by atoms with Crippen molar-refractivity contribution in [2.24, 2.45) is 0 Å². The molecule has 2 rings (SSSR count). The first-order valence-electron chi connectivity index (χ1n) is 8.03. The van der Waals surface area contributed by atoms with Gasteiger partial charge in [-0.3, -0.25) is 0 Å². The van der Waals surface area contributed by atoms with Gasteiger partial charge in [0.1, 0.15) is 5.69 Å². The van der Waals surface area contributed by atoms with Crippen LogP contribution in [-0.4, -0.2) is 64.9 Å². The van der Waals surface area contributed by atoms with Crippen LogP contribution in [-0.2, 0) is 9.53 Å². The molecule has 1 saturated heterocycles. The molecule has 0 unspecified atom stereocenters. The number of ether oxygens (including phenoxy) is 2. The first-order valence-corrected chi connectivity index (χ1v) is 8.03. The number of hydrogen-bond donors (Lipinski definition) is 2. The Morgan fingerprint density at radius 3 is 2.76 bits per heavy atom. The summed E-state index contributed by atoms with van der Waals surface area (Å²) in [6.45, 7) is 2.94. The lowest BCUT2D eigenvalue weighted by atomic mass is 10.1. The number of likely N-dealkylation sites (tertiary alicyclic amines) is 1. The zero-order valence-electron chi connectivity index (χ0n) is 14.3. The van der Waals surface area contributed by atoms with Crippen LogP contribution < -0.4 is 10.1 Å². The van der Waals surface area contributed by atoms with Crippen LogP contribution in [0.15, 0.2) is 12.3 Å². The van der Waals surface area contributed by atoms with Gasteiger partial charge in [-0.2, -0.15) is 4.98 Å². The summed E-state index contributed by atoms with van der Waals surface area (Å²) in [7, 11) is 1.49. The minimum Gasteiger partial charge on any atom is -0.480 e. The number of anilines is 1. The molecule has 0 radical (unpaired) electrons. The third-order valence-electron chi connectivity index (χ3n) is 3.76. The quantitative estimate of drug-likeness (QED) is 0.587. The third kappa shape index (κ3) is 5.33. The fourth-order valence-electron chi connectivity index (χ4n) is 2.45. The van der Waals surface area contributed by atoms with Crippen LogP contribution in [0.5, 0.6) is 5.88 Å². The standard InChI is InChI=1S/C16H22N4O5/c1-3-25-14(21)5-4-12-15(19-13(24-2)10-17-12)18-11-6-8-20(9-7-11)16(22)23/h4-5,10-11H,3,6-9H2,1-2H3,(H,18,19)(H,22,23)/b5-4+. The van der Waals surface area contributed by atoms with Crippen LogP contribution in [0.1, 0.15) is 25.5 Å². The predicted molar refractivity (Wildman–Crippen MR) is 90.5 cm³/mol. The van der Waals surface area contributed by atoms with E-state index in [-0.39, 0.29) is 6.04 Å². The van der Waals surface area contributed by atoms with Crippen molar-refractivity contribution in [3.8, 4) is 5.88 Å². The van der Waals surface area contributed by atoms with Crippen molar-refractivity contribution in [1.82, 2.24) is 14.9 Å². The maximum atomic E-state index is 11.5. The van der Waals surface area contributed by atoms with E-state index in [0.29, 0.717) is 49.9 Å². The van der Waals surface area contributed by atoms with Gasteiger partial charge < -0.3 is 24.8 Å². The molecule has 136 valence electrons. The smallest absolute Gasteiger partial charge is 0.407 e. The fourth-order valence-corrected chi connectivity index (χ4v) is 2.45. The number of hydrogen-bond acceptors (Lipinski definition) is 7. The largest absolute Gasteiger partial charge is 0.480 e. The Hall–Kier alpha value is -2.84. The number of amides is 1. The lowest BCUT2D eigenvalue weighted by molar-refractivity contribution is -0.137. The Balaban J connectivity index is 2.09. The first-order chi connectivity index (χ1) is 12.0. The van der Waals surface area contributed by atoms with E-state index in [0.717, 1.165) is 0 Å². The Labute approximate surface area is 145 Å². The third-order valence-corrected chi connectivity index (χ3v) is 3.76. The van der Waals surface area contributed by atoms with Crippen molar-refractivity contribution in [2.75, 3.05) is 32.1 Å². The molecule has 1 aromatic heterocycles. The van der Waals surface area contributed by atoms with Crippen molar-refractivity contribution in [1.29, 1.82) is 0 Å².